The predicted molar refractivity (Wildman–Crippen MR) is 88.3 cm³/mol. The number of carbonyl (C=O) groups excluding carboxylic acids is 2. The first-order valence-corrected chi connectivity index (χ1v) is 7.90. The molecule has 0 spiro atoms. The SMILES string of the molecule is CC(C)CCNC(=O)COC(=O)C1=Cc2cc(Cl)ccc2OC1. The fraction of sp³-hybridized carbons (Fsp3) is 0.412. The van der Waals surface area contributed by atoms with E-state index in [9.17, 15) is 9.59 Å². The van der Waals surface area contributed by atoms with Gasteiger partial charge in [0, 0.05) is 17.1 Å². The average molecular weight is 338 g/mol. The maximum Gasteiger partial charge on any atom is 0.338 e. The number of fused-ring (bicyclic) bond motifs is 1. The Labute approximate surface area is 140 Å². The van der Waals surface area contributed by atoms with Gasteiger partial charge in [0.1, 0.15) is 12.4 Å². The summed E-state index contributed by atoms with van der Waals surface area (Å²) in [6.45, 7) is 4.54. The highest BCUT2D eigenvalue weighted by atomic mass is 35.5. The van der Waals surface area contributed by atoms with E-state index >= 15 is 0 Å². The molecule has 1 N–H and O–H groups in total. The van der Waals surface area contributed by atoms with Crippen molar-refractivity contribution in [2.45, 2.75) is 20.3 Å². The molecule has 0 radical (unpaired) electrons. The Morgan fingerprint density at radius 2 is 2.17 bits per heavy atom. The Morgan fingerprint density at radius 3 is 2.91 bits per heavy atom. The molecule has 124 valence electrons. The van der Waals surface area contributed by atoms with Crippen molar-refractivity contribution in [3.8, 4) is 5.75 Å². The number of nitrogens with one attached hydrogen (secondary N) is 1. The van der Waals surface area contributed by atoms with Crippen LogP contribution in [-0.2, 0) is 14.3 Å². The normalized spacial score (nSPS) is 13.0. The van der Waals surface area contributed by atoms with Crippen LogP contribution in [0.25, 0.3) is 6.08 Å². The summed E-state index contributed by atoms with van der Waals surface area (Å²) in [5, 5.41) is 3.27. The lowest BCUT2D eigenvalue weighted by Crippen LogP contribution is -2.31. The van der Waals surface area contributed by atoms with Crippen LogP contribution < -0.4 is 10.1 Å². The van der Waals surface area contributed by atoms with Gasteiger partial charge in [0.05, 0.1) is 5.57 Å². The summed E-state index contributed by atoms with van der Waals surface area (Å²) >= 11 is 5.92. The van der Waals surface area contributed by atoms with Crippen molar-refractivity contribution < 1.29 is 19.1 Å². The minimum Gasteiger partial charge on any atom is -0.488 e. The molecule has 23 heavy (non-hydrogen) atoms. The number of carbonyl (C=O) groups is 2. The summed E-state index contributed by atoms with van der Waals surface area (Å²) in [5.41, 5.74) is 1.08. The summed E-state index contributed by atoms with van der Waals surface area (Å²) in [6, 6.07) is 5.18. The van der Waals surface area contributed by atoms with Crippen molar-refractivity contribution in [3.63, 3.8) is 0 Å². The van der Waals surface area contributed by atoms with Gasteiger partial charge in [-0.25, -0.2) is 4.79 Å². The summed E-state index contributed by atoms with van der Waals surface area (Å²) < 4.78 is 10.5. The van der Waals surface area contributed by atoms with Crippen molar-refractivity contribution >= 4 is 29.6 Å². The zero-order chi connectivity index (χ0) is 16.8. The van der Waals surface area contributed by atoms with Crippen LogP contribution in [0.4, 0.5) is 0 Å². The number of benzene rings is 1. The second kappa shape index (κ2) is 8.02. The van der Waals surface area contributed by atoms with Crippen LogP contribution in [0.15, 0.2) is 23.8 Å². The van der Waals surface area contributed by atoms with Crippen LogP contribution in [0.1, 0.15) is 25.8 Å². The first-order valence-electron chi connectivity index (χ1n) is 7.52. The maximum absolute atomic E-state index is 12.0. The second-order valence-corrected chi connectivity index (χ2v) is 6.19. The van der Waals surface area contributed by atoms with E-state index in [1.807, 2.05) is 0 Å². The van der Waals surface area contributed by atoms with Crippen LogP contribution in [0, 0.1) is 5.92 Å². The zero-order valence-corrected chi connectivity index (χ0v) is 14.0. The van der Waals surface area contributed by atoms with Crippen LogP contribution in [-0.4, -0.2) is 31.6 Å². The van der Waals surface area contributed by atoms with Crippen LogP contribution >= 0.6 is 11.6 Å². The largest absolute Gasteiger partial charge is 0.488 e. The van der Waals surface area contributed by atoms with E-state index in [-0.39, 0.29) is 19.1 Å². The standard InChI is InChI=1S/C17H20ClNO4/c1-11(2)5-6-19-16(20)10-23-17(21)13-7-12-8-14(18)3-4-15(12)22-9-13/h3-4,7-8,11H,5-6,9-10H2,1-2H3,(H,19,20). The summed E-state index contributed by atoms with van der Waals surface area (Å²) in [5.74, 6) is 0.307. The van der Waals surface area contributed by atoms with Gasteiger partial charge in [0.15, 0.2) is 6.61 Å². The van der Waals surface area contributed by atoms with Gasteiger partial charge in [-0.15, -0.1) is 0 Å². The fourth-order valence-corrected chi connectivity index (χ4v) is 2.22. The number of ether oxygens (including phenoxy) is 2. The van der Waals surface area contributed by atoms with Crippen LogP contribution in [0.5, 0.6) is 5.75 Å². The molecule has 0 fully saturated rings. The summed E-state index contributed by atoms with van der Waals surface area (Å²) in [7, 11) is 0. The quantitative estimate of drug-likeness (QED) is 0.811. The number of halogens is 1. The molecule has 2 rings (SSSR count). The predicted octanol–water partition coefficient (Wildman–Crippen LogP) is 2.82. The van der Waals surface area contributed by atoms with Gasteiger partial charge in [-0.05, 0) is 36.6 Å². The van der Waals surface area contributed by atoms with E-state index in [2.05, 4.69) is 19.2 Å². The Kier molecular flexibility index (Phi) is 6.04. The fourth-order valence-electron chi connectivity index (χ4n) is 2.04. The Bertz CT molecular complexity index is 625. The molecule has 0 bridgehead atoms. The number of rotatable bonds is 6. The van der Waals surface area contributed by atoms with E-state index < -0.39 is 5.97 Å². The highest BCUT2D eigenvalue weighted by molar-refractivity contribution is 6.30. The molecule has 1 heterocycles. The Morgan fingerprint density at radius 1 is 1.39 bits per heavy atom. The van der Waals surface area contributed by atoms with Crippen LogP contribution in [0.3, 0.4) is 0 Å². The molecule has 0 saturated carbocycles. The minimum absolute atomic E-state index is 0.114. The van der Waals surface area contributed by atoms with Crippen molar-refractivity contribution in [1.82, 2.24) is 5.32 Å². The Balaban J connectivity index is 1.85. The molecule has 0 atom stereocenters. The van der Waals surface area contributed by atoms with Gasteiger partial charge in [0.2, 0.25) is 0 Å². The van der Waals surface area contributed by atoms with E-state index in [0.29, 0.717) is 28.8 Å². The molecule has 1 aliphatic rings. The van der Waals surface area contributed by atoms with Crippen molar-refractivity contribution in [3.05, 3.63) is 34.4 Å². The average Bonchev–Trinajstić information content (AvgIpc) is 2.51. The molecule has 0 saturated heterocycles. The summed E-state index contributed by atoms with van der Waals surface area (Å²) in [6.07, 6.45) is 2.56. The lowest BCUT2D eigenvalue weighted by Gasteiger charge is -2.17. The highest BCUT2D eigenvalue weighted by Gasteiger charge is 2.19. The minimum atomic E-state index is -0.561. The van der Waals surface area contributed by atoms with Gasteiger partial charge < -0.3 is 14.8 Å². The van der Waals surface area contributed by atoms with Crippen molar-refractivity contribution in [2.75, 3.05) is 19.8 Å². The number of hydrogen-bond acceptors (Lipinski definition) is 4. The maximum atomic E-state index is 12.0. The molecule has 0 unspecified atom stereocenters. The van der Waals surface area contributed by atoms with Gasteiger partial charge in [-0.1, -0.05) is 25.4 Å². The lowest BCUT2D eigenvalue weighted by atomic mass is 10.1. The lowest BCUT2D eigenvalue weighted by molar-refractivity contribution is -0.145. The number of esters is 1. The van der Waals surface area contributed by atoms with Crippen LogP contribution in [0.2, 0.25) is 5.02 Å². The van der Waals surface area contributed by atoms with Gasteiger partial charge in [0.25, 0.3) is 5.91 Å². The third kappa shape index (κ3) is 5.28. The Hall–Kier alpha value is -2.01. The molecule has 0 aliphatic carbocycles. The van der Waals surface area contributed by atoms with Gasteiger partial charge >= 0.3 is 5.97 Å². The molecule has 1 aromatic carbocycles. The zero-order valence-electron chi connectivity index (χ0n) is 13.2. The molecule has 1 aliphatic heterocycles. The van der Waals surface area contributed by atoms with E-state index in [1.165, 1.54) is 0 Å². The van der Waals surface area contributed by atoms with E-state index in [0.717, 1.165) is 12.0 Å². The molecular weight excluding hydrogens is 318 g/mol. The van der Waals surface area contributed by atoms with Gasteiger partial charge in [-0.3, -0.25) is 4.79 Å². The highest BCUT2D eigenvalue weighted by Crippen LogP contribution is 2.29. The van der Waals surface area contributed by atoms with E-state index in [1.54, 1.807) is 24.3 Å². The molecule has 1 amide bonds. The molecule has 6 heteroatoms. The topological polar surface area (TPSA) is 64.6 Å². The third-order valence-electron chi connectivity index (χ3n) is 3.33. The second-order valence-electron chi connectivity index (χ2n) is 5.75. The van der Waals surface area contributed by atoms with Gasteiger partial charge in [-0.2, -0.15) is 0 Å². The number of hydrogen-bond donors (Lipinski definition) is 1. The molecular formula is C17H20ClNO4. The monoisotopic (exact) mass is 337 g/mol. The van der Waals surface area contributed by atoms with E-state index in [4.69, 9.17) is 21.1 Å². The third-order valence-corrected chi connectivity index (χ3v) is 3.56. The molecule has 0 aromatic heterocycles. The number of amides is 1. The first kappa shape index (κ1) is 17.3. The first-order chi connectivity index (χ1) is 11.0. The smallest absolute Gasteiger partial charge is 0.338 e. The van der Waals surface area contributed by atoms with Crippen molar-refractivity contribution in [2.24, 2.45) is 5.92 Å². The summed E-state index contributed by atoms with van der Waals surface area (Å²) in [4.78, 5) is 23.6. The molecule has 1 aromatic rings. The van der Waals surface area contributed by atoms with Crippen molar-refractivity contribution in [1.29, 1.82) is 0 Å². The molecule has 5 nitrogen and oxygen atoms in total.